The van der Waals surface area contributed by atoms with Crippen molar-refractivity contribution in [2.75, 3.05) is 20.2 Å². The van der Waals surface area contributed by atoms with Crippen molar-refractivity contribution >= 4 is 15.9 Å². The minimum Gasteiger partial charge on any atom is -0.497 e. The fraction of sp³-hybridized carbons (Fsp3) is 0.500. The van der Waals surface area contributed by atoms with Crippen LogP contribution in [-0.4, -0.2) is 38.8 Å². The smallest absolute Gasteiger partial charge is 0.232 e. The first-order valence-electron chi connectivity index (χ1n) is 6.78. The molecule has 1 amide bonds. The van der Waals surface area contributed by atoms with Crippen LogP contribution in [0.15, 0.2) is 24.3 Å². The van der Waals surface area contributed by atoms with Gasteiger partial charge in [-0.25, -0.2) is 8.42 Å². The summed E-state index contributed by atoms with van der Waals surface area (Å²) in [5, 5.41) is 0. The number of amides is 1. The lowest BCUT2D eigenvalue weighted by Gasteiger charge is -2.20. The average Bonchev–Trinajstić information content (AvgIpc) is 2.42. The Morgan fingerprint density at radius 1 is 1.38 bits per heavy atom. The fourth-order valence-corrected chi connectivity index (χ4v) is 3.40. The van der Waals surface area contributed by atoms with E-state index in [9.17, 15) is 13.2 Å². The number of benzene rings is 1. The number of nitrogens with zero attached hydrogens (tertiary/aromatic N) is 1. The molecule has 0 bridgehead atoms. The lowest BCUT2D eigenvalue weighted by Crippen LogP contribution is -2.39. The topological polar surface area (TPSA) is 89.7 Å². The largest absolute Gasteiger partial charge is 0.497 e. The Morgan fingerprint density at radius 3 is 2.67 bits per heavy atom. The van der Waals surface area contributed by atoms with Crippen molar-refractivity contribution in [2.45, 2.75) is 25.5 Å². The molecule has 1 rings (SSSR count). The molecule has 0 aliphatic rings. The van der Waals surface area contributed by atoms with Gasteiger partial charge in [-0.05, 0) is 24.1 Å². The molecule has 0 unspecified atom stereocenters. The lowest BCUT2D eigenvalue weighted by molar-refractivity contribution is -0.118. The molecule has 0 aromatic heterocycles. The van der Waals surface area contributed by atoms with E-state index in [1.807, 2.05) is 6.92 Å². The van der Waals surface area contributed by atoms with Crippen LogP contribution in [0.2, 0.25) is 0 Å². The summed E-state index contributed by atoms with van der Waals surface area (Å²) in [5.74, 6) is -0.237. The van der Waals surface area contributed by atoms with Gasteiger partial charge in [-0.3, -0.25) is 4.79 Å². The average molecular weight is 314 g/mol. The van der Waals surface area contributed by atoms with Crippen LogP contribution in [-0.2, 0) is 20.6 Å². The second-order valence-electron chi connectivity index (χ2n) is 4.76. The van der Waals surface area contributed by atoms with Gasteiger partial charge in [-0.15, -0.1) is 0 Å². The van der Waals surface area contributed by atoms with Crippen molar-refractivity contribution in [3.8, 4) is 5.75 Å². The molecule has 118 valence electrons. The number of hydrogen-bond donors (Lipinski definition) is 1. The van der Waals surface area contributed by atoms with Crippen LogP contribution in [0, 0.1) is 0 Å². The molecule has 0 heterocycles. The SMILES string of the molecule is CCCCN(CC(N)=O)S(=O)(=O)Cc1cccc(OC)c1. The highest BCUT2D eigenvalue weighted by atomic mass is 32.2. The number of carbonyl (C=O) groups is 1. The molecule has 0 radical (unpaired) electrons. The van der Waals surface area contributed by atoms with Crippen molar-refractivity contribution in [1.82, 2.24) is 4.31 Å². The quantitative estimate of drug-likeness (QED) is 0.739. The molecule has 7 heteroatoms. The first-order valence-corrected chi connectivity index (χ1v) is 8.39. The molecule has 0 aliphatic heterocycles. The van der Waals surface area contributed by atoms with Crippen LogP contribution in [0.1, 0.15) is 25.3 Å². The Morgan fingerprint density at radius 2 is 2.10 bits per heavy atom. The van der Waals surface area contributed by atoms with Crippen LogP contribution >= 0.6 is 0 Å². The van der Waals surface area contributed by atoms with Crippen LogP contribution < -0.4 is 10.5 Å². The number of carbonyl (C=O) groups excluding carboxylic acids is 1. The van der Waals surface area contributed by atoms with Crippen LogP contribution in [0.5, 0.6) is 5.75 Å². The Kier molecular flexibility index (Phi) is 6.64. The monoisotopic (exact) mass is 314 g/mol. The number of unbranched alkanes of at least 4 members (excludes halogenated alkanes) is 1. The van der Waals surface area contributed by atoms with Gasteiger partial charge in [0.15, 0.2) is 0 Å². The first-order chi connectivity index (χ1) is 9.89. The third-order valence-electron chi connectivity index (χ3n) is 2.97. The molecule has 0 atom stereocenters. The Balaban J connectivity index is 2.90. The summed E-state index contributed by atoms with van der Waals surface area (Å²) >= 11 is 0. The van der Waals surface area contributed by atoms with E-state index in [1.54, 1.807) is 24.3 Å². The molecule has 1 aromatic rings. The minimum absolute atomic E-state index is 0.179. The van der Waals surface area contributed by atoms with Gasteiger partial charge in [0, 0.05) is 6.54 Å². The molecule has 6 nitrogen and oxygen atoms in total. The molecule has 0 saturated heterocycles. The van der Waals surface area contributed by atoms with Gasteiger partial charge in [-0.2, -0.15) is 4.31 Å². The fourth-order valence-electron chi connectivity index (χ4n) is 1.89. The van der Waals surface area contributed by atoms with E-state index in [1.165, 1.54) is 7.11 Å². The van der Waals surface area contributed by atoms with Crippen molar-refractivity contribution in [3.05, 3.63) is 29.8 Å². The Labute approximate surface area is 125 Å². The molecule has 0 fully saturated rings. The normalized spacial score (nSPS) is 11.6. The molecule has 1 aromatic carbocycles. The standard InChI is InChI=1S/C14H22N2O4S/c1-3-4-8-16(10-14(15)17)21(18,19)11-12-6-5-7-13(9-12)20-2/h5-7,9H,3-4,8,10-11H2,1-2H3,(H2,15,17). The summed E-state index contributed by atoms with van der Waals surface area (Å²) in [6.07, 6.45) is 1.52. The van der Waals surface area contributed by atoms with Gasteiger partial charge >= 0.3 is 0 Å². The maximum Gasteiger partial charge on any atom is 0.232 e. The van der Waals surface area contributed by atoms with Crippen LogP contribution in [0.25, 0.3) is 0 Å². The third kappa shape index (κ3) is 5.73. The molecule has 0 spiro atoms. The van der Waals surface area contributed by atoms with E-state index in [-0.39, 0.29) is 12.3 Å². The Hall–Kier alpha value is -1.60. The highest BCUT2D eigenvalue weighted by molar-refractivity contribution is 7.88. The van der Waals surface area contributed by atoms with E-state index in [4.69, 9.17) is 10.5 Å². The van der Waals surface area contributed by atoms with Gasteiger partial charge < -0.3 is 10.5 Å². The van der Waals surface area contributed by atoms with E-state index < -0.39 is 15.9 Å². The number of ether oxygens (including phenoxy) is 1. The van der Waals surface area contributed by atoms with E-state index in [0.29, 0.717) is 24.3 Å². The summed E-state index contributed by atoms with van der Waals surface area (Å²) in [6.45, 7) is 1.97. The second-order valence-corrected chi connectivity index (χ2v) is 6.73. The summed E-state index contributed by atoms with van der Waals surface area (Å²) in [7, 11) is -2.07. The second kappa shape index (κ2) is 7.99. The van der Waals surface area contributed by atoms with Crippen molar-refractivity contribution in [1.29, 1.82) is 0 Å². The highest BCUT2D eigenvalue weighted by Gasteiger charge is 2.23. The zero-order chi connectivity index (χ0) is 15.9. The van der Waals surface area contributed by atoms with Gasteiger partial charge in [0.1, 0.15) is 5.75 Å². The van der Waals surface area contributed by atoms with Crippen molar-refractivity contribution < 1.29 is 17.9 Å². The zero-order valence-corrected chi connectivity index (χ0v) is 13.2. The van der Waals surface area contributed by atoms with Crippen LogP contribution in [0.3, 0.4) is 0 Å². The number of rotatable bonds is 9. The maximum atomic E-state index is 12.4. The number of methoxy groups -OCH3 is 1. The molecular weight excluding hydrogens is 292 g/mol. The van der Waals surface area contributed by atoms with Crippen molar-refractivity contribution in [2.24, 2.45) is 5.73 Å². The predicted molar refractivity (Wildman–Crippen MR) is 81.3 cm³/mol. The molecule has 2 N–H and O–H groups in total. The first kappa shape index (κ1) is 17.5. The minimum atomic E-state index is -3.59. The number of primary amides is 1. The van der Waals surface area contributed by atoms with E-state index in [2.05, 4.69) is 0 Å². The maximum absolute atomic E-state index is 12.4. The van der Waals surface area contributed by atoms with E-state index in [0.717, 1.165) is 10.7 Å². The number of sulfonamides is 1. The predicted octanol–water partition coefficient (Wildman–Crippen LogP) is 1.11. The molecule has 0 aliphatic carbocycles. The summed E-state index contributed by atoms with van der Waals surface area (Å²) in [6, 6.07) is 6.85. The van der Waals surface area contributed by atoms with Crippen LogP contribution in [0.4, 0.5) is 0 Å². The molecule has 21 heavy (non-hydrogen) atoms. The molecular formula is C14H22N2O4S. The van der Waals surface area contributed by atoms with Gasteiger partial charge in [0.2, 0.25) is 15.9 Å². The number of hydrogen-bond acceptors (Lipinski definition) is 4. The summed E-state index contributed by atoms with van der Waals surface area (Å²) in [5.41, 5.74) is 5.75. The highest BCUT2D eigenvalue weighted by Crippen LogP contribution is 2.17. The van der Waals surface area contributed by atoms with Gasteiger partial charge in [0.05, 0.1) is 19.4 Å². The van der Waals surface area contributed by atoms with Gasteiger partial charge in [-0.1, -0.05) is 25.5 Å². The third-order valence-corrected chi connectivity index (χ3v) is 4.77. The van der Waals surface area contributed by atoms with E-state index >= 15 is 0 Å². The summed E-state index contributed by atoms with van der Waals surface area (Å²) in [4.78, 5) is 11.1. The Bertz CT molecular complexity index is 572. The van der Waals surface area contributed by atoms with Crippen molar-refractivity contribution in [3.63, 3.8) is 0 Å². The molecule has 0 saturated carbocycles. The number of nitrogens with two attached hydrogens (primary N) is 1. The summed E-state index contributed by atoms with van der Waals surface area (Å²) < 4.78 is 31.1. The van der Waals surface area contributed by atoms with Gasteiger partial charge in [0.25, 0.3) is 0 Å². The zero-order valence-electron chi connectivity index (χ0n) is 12.4. The lowest BCUT2D eigenvalue weighted by atomic mass is 10.2.